The van der Waals surface area contributed by atoms with Crippen molar-refractivity contribution >= 4 is 59.1 Å². The number of thiophene rings is 1. The zero-order chi connectivity index (χ0) is 13.3. The number of benzene rings is 1. The highest BCUT2D eigenvalue weighted by atomic mass is 79.9. The molecule has 1 aromatic carbocycles. The highest BCUT2D eigenvalue weighted by Crippen LogP contribution is 2.40. The molecule has 1 heterocycles. The van der Waals surface area contributed by atoms with Crippen molar-refractivity contribution in [1.82, 2.24) is 0 Å². The molecule has 0 saturated carbocycles. The zero-order valence-electron chi connectivity index (χ0n) is 9.28. The van der Waals surface area contributed by atoms with E-state index < -0.39 is 6.10 Å². The molecule has 96 valence electrons. The predicted octanol–water partition coefficient (Wildman–Crippen LogP) is 5.13. The highest BCUT2D eigenvalue weighted by molar-refractivity contribution is 9.13. The van der Waals surface area contributed by atoms with E-state index in [1.807, 2.05) is 24.3 Å². The number of hydrogen-bond donors (Lipinski definition) is 1. The van der Waals surface area contributed by atoms with Crippen molar-refractivity contribution in [3.8, 4) is 5.75 Å². The average molecular weight is 457 g/mol. The molecular formula is C12H9Br3O2S. The third-order valence-electron chi connectivity index (χ3n) is 2.42. The summed E-state index contributed by atoms with van der Waals surface area (Å²) in [5, 5.41) is 10.4. The van der Waals surface area contributed by atoms with E-state index in [0.717, 1.165) is 23.2 Å². The lowest BCUT2D eigenvalue weighted by Gasteiger charge is -2.13. The van der Waals surface area contributed by atoms with Crippen LogP contribution in [0.1, 0.15) is 16.5 Å². The van der Waals surface area contributed by atoms with Gasteiger partial charge in [0.2, 0.25) is 0 Å². The Morgan fingerprint density at radius 1 is 1.22 bits per heavy atom. The van der Waals surface area contributed by atoms with E-state index >= 15 is 0 Å². The van der Waals surface area contributed by atoms with Gasteiger partial charge in [-0.25, -0.2) is 0 Å². The van der Waals surface area contributed by atoms with Crippen LogP contribution in [0.15, 0.2) is 37.0 Å². The van der Waals surface area contributed by atoms with Crippen LogP contribution in [0.4, 0.5) is 0 Å². The number of methoxy groups -OCH3 is 1. The summed E-state index contributed by atoms with van der Waals surface area (Å²) in [5.74, 6) is 0.664. The van der Waals surface area contributed by atoms with Crippen molar-refractivity contribution in [3.05, 3.63) is 47.4 Å². The van der Waals surface area contributed by atoms with E-state index in [1.54, 1.807) is 7.11 Å². The Morgan fingerprint density at radius 3 is 2.50 bits per heavy atom. The molecule has 0 spiro atoms. The molecule has 2 aromatic rings. The molecule has 0 radical (unpaired) electrons. The smallest absolute Gasteiger partial charge is 0.126 e. The average Bonchev–Trinajstić information content (AvgIpc) is 2.68. The fourth-order valence-corrected chi connectivity index (χ4v) is 4.00. The lowest BCUT2D eigenvalue weighted by Crippen LogP contribution is -2.00. The summed E-state index contributed by atoms with van der Waals surface area (Å²) in [6, 6.07) is 7.49. The maximum Gasteiger partial charge on any atom is 0.126 e. The Morgan fingerprint density at radius 2 is 1.94 bits per heavy atom. The minimum atomic E-state index is -0.694. The second kappa shape index (κ2) is 6.05. The summed E-state index contributed by atoms with van der Waals surface area (Å²) in [5.41, 5.74) is 0.752. The van der Waals surface area contributed by atoms with Gasteiger partial charge in [-0.3, -0.25) is 0 Å². The first-order chi connectivity index (χ1) is 8.52. The van der Waals surface area contributed by atoms with Crippen LogP contribution in [0.5, 0.6) is 5.75 Å². The van der Waals surface area contributed by atoms with E-state index in [4.69, 9.17) is 4.74 Å². The monoisotopic (exact) mass is 454 g/mol. The number of ether oxygens (including phenoxy) is 1. The normalized spacial score (nSPS) is 12.5. The fraction of sp³-hybridized carbons (Fsp3) is 0.167. The van der Waals surface area contributed by atoms with Gasteiger partial charge in [0.25, 0.3) is 0 Å². The Kier molecular flexibility index (Phi) is 4.88. The topological polar surface area (TPSA) is 29.5 Å². The molecule has 0 aliphatic rings. The van der Waals surface area contributed by atoms with Crippen LogP contribution in [0, 0.1) is 0 Å². The van der Waals surface area contributed by atoms with E-state index in [9.17, 15) is 5.11 Å². The van der Waals surface area contributed by atoms with Crippen molar-refractivity contribution in [2.24, 2.45) is 0 Å². The van der Waals surface area contributed by atoms with Crippen LogP contribution >= 0.6 is 59.1 Å². The predicted molar refractivity (Wildman–Crippen MR) is 84.5 cm³/mol. The van der Waals surface area contributed by atoms with E-state index in [-0.39, 0.29) is 0 Å². The molecule has 2 rings (SSSR count). The molecule has 0 amide bonds. The molecule has 0 bridgehead atoms. The van der Waals surface area contributed by atoms with Gasteiger partial charge in [-0.15, -0.1) is 11.3 Å². The van der Waals surface area contributed by atoms with Gasteiger partial charge in [0, 0.05) is 19.4 Å². The molecule has 1 unspecified atom stereocenters. The number of halogens is 3. The third-order valence-corrected chi connectivity index (χ3v) is 6.23. The van der Waals surface area contributed by atoms with Gasteiger partial charge >= 0.3 is 0 Å². The Bertz CT molecular complexity index is 549. The van der Waals surface area contributed by atoms with Gasteiger partial charge in [0.1, 0.15) is 11.9 Å². The molecule has 1 atom stereocenters. The van der Waals surface area contributed by atoms with E-state index in [2.05, 4.69) is 47.8 Å². The molecular weight excluding hydrogens is 448 g/mol. The lowest BCUT2D eigenvalue weighted by molar-refractivity contribution is 0.218. The van der Waals surface area contributed by atoms with Crippen LogP contribution in [0.2, 0.25) is 0 Å². The van der Waals surface area contributed by atoms with Gasteiger partial charge in [0.15, 0.2) is 0 Å². The van der Waals surface area contributed by atoms with Crippen molar-refractivity contribution in [3.63, 3.8) is 0 Å². The maximum atomic E-state index is 10.4. The molecule has 0 saturated heterocycles. The summed E-state index contributed by atoms with van der Waals surface area (Å²) in [6.45, 7) is 0. The minimum absolute atomic E-state index is 0.664. The first kappa shape index (κ1) is 14.5. The van der Waals surface area contributed by atoms with Gasteiger partial charge in [-0.05, 0) is 50.1 Å². The molecule has 6 heteroatoms. The number of aliphatic hydroxyl groups is 1. The quantitative estimate of drug-likeness (QED) is 0.694. The first-order valence-electron chi connectivity index (χ1n) is 4.99. The summed E-state index contributed by atoms with van der Waals surface area (Å²) in [6.07, 6.45) is -0.694. The summed E-state index contributed by atoms with van der Waals surface area (Å²) in [4.78, 5) is 0.856. The van der Waals surface area contributed by atoms with Gasteiger partial charge < -0.3 is 9.84 Å². The van der Waals surface area contributed by atoms with Crippen LogP contribution in [-0.2, 0) is 0 Å². The van der Waals surface area contributed by atoms with Crippen molar-refractivity contribution in [1.29, 1.82) is 0 Å². The summed E-state index contributed by atoms with van der Waals surface area (Å²) >= 11 is 11.7. The van der Waals surface area contributed by atoms with Crippen molar-refractivity contribution < 1.29 is 9.84 Å². The molecule has 0 fully saturated rings. The highest BCUT2D eigenvalue weighted by Gasteiger charge is 2.18. The zero-order valence-corrected chi connectivity index (χ0v) is 14.9. The standard InChI is InChI=1S/C12H9Br3O2S/c1-17-9-4-6(13)2-3-7(9)11(16)10-5-8(14)12(15)18-10/h2-5,11,16H,1H3. The Hall–Kier alpha value is 0.120. The number of aliphatic hydroxyl groups excluding tert-OH is 1. The molecule has 18 heavy (non-hydrogen) atoms. The van der Waals surface area contributed by atoms with Gasteiger partial charge in [-0.1, -0.05) is 22.0 Å². The van der Waals surface area contributed by atoms with Crippen LogP contribution in [0.3, 0.4) is 0 Å². The van der Waals surface area contributed by atoms with Crippen LogP contribution in [-0.4, -0.2) is 12.2 Å². The molecule has 1 aromatic heterocycles. The van der Waals surface area contributed by atoms with E-state index in [1.165, 1.54) is 11.3 Å². The second-order valence-corrected chi connectivity index (χ2v) is 7.73. The van der Waals surface area contributed by atoms with Crippen molar-refractivity contribution in [2.45, 2.75) is 6.10 Å². The molecule has 0 aliphatic heterocycles. The third kappa shape index (κ3) is 2.99. The largest absolute Gasteiger partial charge is 0.496 e. The molecule has 2 nitrogen and oxygen atoms in total. The number of rotatable bonds is 3. The SMILES string of the molecule is COc1cc(Br)ccc1C(O)c1cc(Br)c(Br)s1. The van der Waals surface area contributed by atoms with Gasteiger partial charge in [0.05, 0.1) is 10.9 Å². The molecule has 0 aliphatic carbocycles. The van der Waals surface area contributed by atoms with E-state index in [0.29, 0.717) is 5.75 Å². The van der Waals surface area contributed by atoms with Crippen LogP contribution < -0.4 is 4.74 Å². The minimum Gasteiger partial charge on any atom is -0.496 e. The van der Waals surface area contributed by atoms with Crippen LogP contribution in [0.25, 0.3) is 0 Å². The van der Waals surface area contributed by atoms with Gasteiger partial charge in [-0.2, -0.15) is 0 Å². The lowest BCUT2D eigenvalue weighted by atomic mass is 10.1. The first-order valence-corrected chi connectivity index (χ1v) is 8.18. The summed E-state index contributed by atoms with van der Waals surface area (Å²) in [7, 11) is 1.60. The fourth-order valence-electron chi connectivity index (χ4n) is 1.56. The Balaban J connectivity index is 2.42. The second-order valence-electron chi connectivity index (χ2n) is 3.56. The maximum absolute atomic E-state index is 10.4. The van der Waals surface area contributed by atoms with Crippen molar-refractivity contribution in [2.75, 3.05) is 7.11 Å². The molecule has 1 N–H and O–H groups in total. The summed E-state index contributed by atoms with van der Waals surface area (Å²) < 4.78 is 8.12. The number of hydrogen-bond acceptors (Lipinski definition) is 3. The Labute approximate surface area is 134 Å².